The molecule has 0 spiro atoms. The van der Waals surface area contributed by atoms with E-state index in [-0.39, 0.29) is 18.4 Å². The number of carbonyl (C=O) groups is 2. The van der Waals surface area contributed by atoms with Crippen molar-refractivity contribution in [1.29, 1.82) is 0 Å². The van der Waals surface area contributed by atoms with Crippen LogP contribution in [0.5, 0.6) is 5.75 Å². The maximum Gasteiger partial charge on any atom is 0.262 e. The predicted molar refractivity (Wildman–Crippen MR) is 93.7 cm³/mol. The van der Waals surface area contributed by atoms with Crippen LogP contribution in [0, 0.1) is 6.92 Å². The molecule has 5 nitrogen and oxygen atoms in total. The van der Waals surface area contributed by atoms with Gasteiger partial charge in [0.05, 0.1) is 11.4 Å². The van der Waals surface area contributed by atoms with Crippen LogP contribution >= 0.6 is 15.9 Å². The number of carbonyl (C=O) groups excluding carboxylic acids is 2. The lowest BCUT2D eigenvalue weighted by atomic mass is 10.2. The highest BCUT2D eigenvalue weighted by Crippen LogP contribution is 2.26. The quantitative estimate of drug-likeness (QED) is 0.835. The molecule has 0 aliphatic carbocycles. The molecule has 2 aromatic rings. The summed E-state index contributed by atoms with van der Waals surface area (Å²) in [7, 11) is 0. The molecule has 0 heterocycles. The summed E-state index contributed by atoms with van der Waals surface area (Å²) in [6.45, 7) is 3.21. The normalized spacial score (nSPS) is 10.0. The van der Waals surface area contributed by atoms with E-state index in [9.17, 15) is 9.59 Å². The average Bonchev–Trinajstić information content (AvgIpc) is 2.49. The highest BCUT2D eigenvalue weighted by atomic mass is 79.9. The van der Waals surface area contributed by atoms with Gasteiger partial charge in [-0.1, -0.05) is 34.1 Å². The molecular weight excluding hydrogens is 360 g/mol. The fourth-order valence-corrected chi connectivity index (χ4v) is 2.33. The van der Waals surface area contributed by atoms with Crippen molar-refractivity contribution < 1.29 is 14.3 Å². The van der Waals surface area contributed by atoms with Crippen LogP contribution < -0.4 is 15.4 Å². The molecule has 2 N–H and O–H groups in total. The molecule has 0 unspecified atom stereocenters. The van der Waals surface area contributed by atoms with Crippen LogP contribution in [-0.4, -0.2) is 18.4 Å². The van der Waals surface area contributed by atoms with Gasteiger partial charge in [-0.3, -0.25) is 9.59 Å². The molecular formula is C17H17BrN2O3. The lowest BCUT2D eigenvalue weighted by Gasteiger charge is -2.13. The summed E-state index contributed by atoms with van der Waals surface area (Å²) in [5, 5.41) is 5.41. The van der Waals surface area contributed by atoms with Gasteiger partial charge >= 0.3 is 0 Å². The standard InChI is InChI=1S/C17H17BrN2O3/c1-11-5-3-4-6-16(11)23-10-17(22)20-15-9-13(18)7-8-14(15)19-12(2)21/h3-9H,10H2,1-2H3,(H,19,21)(H,20,22). The molecule has 2 rings (SSSR count). The number of aryl methyl sites for hydroxylation is 1. The van der Waals surface area contributed by atoms with Gasteiger partial charge in [-0.2, -0.15) is 0 Å². The van der Waals surface area contributed by atoms with Crippen molar-refractivity contribution in [3.63, 3.8) is 0 Å². The molecule has 2 aromatic carbocycles. The summed E-state index contributed by atoms with van der Waals surface area (Å²) in [4.78, 5) is 23.3. The van der Waals surface area contributed by atoms with Crippen LogP contribution in [-0.2, 0) is 9.59 Å². The third-order valence-electron chi connectivity index (χ3n) is 3.02. The number of nitrogens with one attached hydrogen (secondary N) is 2. The summed E-state index contributed by atoms with van der Waals surface area (Å²) in [5.41, 5.74) is 2.00. The second kappa shape index (κ2) is 7.78. The SMILES string of the molecule is CC(=O)Nc1ccc(Br)cc1NC(=O)COc1ccccc1C. The molecule has 0 aliphatic heterocycles. The first kappa shape index (κ1) is 17.0. The lowest BCUT2D eigenvalue weighted by molar-refractivity contribution is -0.118. The number of halogens is 1. The van der Waals surface area contributed by atoms with Crippen LogP contribution in [0.25, 0.3) is 0 Å². The van der Waals surface area contributed by atoms with Crippen LogP contribution in [0.4, 0.5) is 11.4 Å². The van der Waals surface area contributed by atoms with Crippen molar-refractivity contribution in [2.75, 3.05) is 17.2 Å². The number of rotatable bonds is 5. The van der Waals surface area contributed by atoms with Gasteiger partial charge in [0.25, 0.3) is 5.91 Å². The second-order valence-corrected chi connectivity index (χ2v) is 5.89. The van der Waals surface area contributed by atoms with Gasteiger partial charge in [-0.05, 0) is 36.8 Å². The maximum atomic E-state index is 12.1. The highest BCUT2D eigenvalue weighted by molar-refractivity contribution is 9.10. The van der Waals surface area contributed by atoms with E-state index in [1.807, 2.05) is 31.2 Å². The first-order valence-electron chi connectivity index (χ1n) is 7.01. The Morgan fingerprint density at radius 3 is 2.52 bits per heavy atom. The van der Waals surface area contributed by atoms with E-state index in [4.69, 9.17) is 4.74 Å². The number of amides is 2. The van der Waals surface area contributed by atoms with Gasteiger partial charge in [-0.15, -0.1) is 0 Å². The van der Waals surface area contributed by atoms with Crippen molar-refractivity contribution in [3.05, 3.63) is 52.5 Å². The number of benzene rings is 2. The number of ether oxygens (including phenoxy) is 1. The van der Waals surface area contributed by atoms with E-state index < -0.39 is 0 Å². The van der Waals surface area contributed by atoms with E-state index in [2.05, 4.69) is 26.6 Å². The van der Waals surface area contributed by atoms with Crippen molar-refractivity contribution >= 4 is 39.1 Å². The van der Waals surface area contributed by atoms with Crippen LogP contribution in [0.1, 0.15) is 12.5 Å². The highest BCUT2D eigenvalue weighted by Gasteiger charge is 2.10. The van der Waals surface area contributed by atoms with E-state index >= 15 is 0 Å². The van der Waals surface area contributed by atoms with Crippen molar-refractivity contribution in [2.24, 2.45) is 0 Å². The zero-order valence-corrected chi connectivity index (χ0v) is 14.4. The van der Waals surface area contributed by atoms with E-state index in [1.54, 1.807) is 18.2 Å². The molecule has 2 amide bonds. The van der Waals surface area contributed by atoms with Gasteiger partial charge in [-0.25, -0.2) is 0 Å². The van der Waals surface area contributed by atoms with E-state index in [1.165, 1.54) is 6.92 Å². The Bertz CT molecular complexity index is 732. The van der Waals surface area contributed by atoms with Gasteiger partial charge in [0.15, 0.2) is 6.61 Å². The molecule has 0 fully saturated rings. The largest absolute Gasteiger partial charge is 0.483 e. The van der Waals surface area contributed by atoms with Crippen molar-refractivity contribution in [2.45, 2.75) is 13.8 Å². The number of anilines is 2. The minimum Gasteiger partial charge on any atom is -0.483 e. The Hall–Kier alpha value is -2.34. The fraction of sp³-hybridized carbons (Fsp3) is 0.176. The Labute approximate surface area is 143 Å². The van der Waals surface area contributed by atoms with Crippen LogP contribution in [0.3, 0.4) is 0 Å². The maximum absolute atomic E-state index is 12.1. The first-order chi connectivity index (χ1) is 11.0. The second-order valence-electron chi connectivity index (χ2n) is 4.97. The number of para-hydroxylation sites is 1. The minimum atomic E-state index is -0.307. The molecule has 0 saturated carbocycles. The van der Waals surface area contributed by atoms with Gasteiger partial charge in [0.2, 0.25) is 5.91 Å². The molecule has 0 radical (unpaired) electrons. The van der Waals surface area contributed by atoms with Crippen LogP contribution in [0.15, 0.2) is 46.9 Å². The Morgan fingerprint density at radius 1 is 1.09 bits per heavy atom. The number of hydrogen-bond donors (Lipinski definition) is 2. The summed E-state index contributed by atoms with van der Waals surface area (Å²) >= 11 is 3.34. The van der Waals surface area contributed by atoms with Crippen molar-refractivity contribution in [3.8, 4) is 5.75 Å². The van der Waals surface area contributed by atoms with E-state index in [0.29, 0.717) is 17.1 Å². The Morgan fingerprint density at radius 2 is 1.83 bits per heavy atom. The zero-order chi connectivity index (χ0) is 16.8. The monoisotopic (exact) mass is 376 g/mol. The van der Waals surface area contributed by atoms with E-state index in [0.717, 1.165) is 10.0 Å². The summed E-state index contributed by atoms with van der Waals surface area (Å²) in [6.07, 6.45) is 0. The molecule has 0 saturated heterocycles. The summed E-state index contributed by atoms with van der Waals surface area (Å²) in [5.74, 6) is 0.149. The minimum absolute atomic E-state index is 0.114. The molecule has 0 aromatic heterocycles. The summed E-state index contributed by atoms with van der Waals surface area (Å²) in [6, 6.07) is 12.7. The van der Waals surface area contributed by atoms with Gasteiger partial charge in [0, 0.05) is 11.4 Å². The third kappa shape index (κ3) is 5.10. The smallest absolute Gasteiger partial charge is 0.262 e. The molecule has 0 atom stereocenters. The van der Waals surface area contributed by atoms with Gasteiger partial charge in [0.1, 0.15) is 5.75 Å². The third-order valence-corrected chi connectivity index (χ3v) is 3.51. The zero-order valence-electron chi connectivity index (χ0n) is 12.9. The number of hydrogen-bond acceptors (Lipinski definition) is 3. The molecule has 23 heavy (non-hydrogen) atoms. The van der Waals surface area contributed by atoms with Gasteiger partial charge < -0.3 is 15.4 Å². The first-order valence-corrected chi connectivity index (χ1v) is 7.80. The predicted octanol–water partition coefficient (Wildman–Crippen LogP) is 3.73. The molecule has 0 aliphatic rings. The summed E-state index contributed by atoms with van der Waals surface area (Å²) < 4.78 is 6.30. The molecule has 6 heteroatoms. The molecule has 0 bridgehead atoms. The lowest BCUT2D eigenvalue weighted by Crippen LogP contribution is -2.21. The molecule has 120 valence electrons. The topological polar surface area (TPSA) is 67.4 Å². The Balaban J connectivity index is 2.03. The average molecular weight is 377 g/mol. The van der Waals surface area contributed by atoms with Crippen molar-refractivity contribution in [1.82, 2.24) is 0 Å². The van der Waals surface area contributed by atoms with Crippen LogP contribution in [0.2, 0.25) is 0 Å². The fourth-order valence-electron chi connectivity index (χ4n) is 1.97. The Kier molecular flexibility index (Phi) is 5.76.